The van der Waals surface area contributed by atoms with E-state index in [1.165, 1.54) is 5.56 Å². The van der Waals surface area contributed by atoms with Crippen molar-refractivity contribution >= 4 is 17.5 Å². The van der Waals surface area contributed by atoms with Crippen LogP contribution in [0.25, 0.3) is 0 Å². The molecule has 5 nitrogen and oxygen atoms in total. The lowest BCUT2D eigenvalue weighted by Crippen LogP contribution is -2.21. The summed E-state index contributed by atoms with van der Waals surface area (Å²) in [7, 11) is 1.56. The first kappa shape index (κ1) is 18.5. The van der Waals surface area contributed by atoms with Gasteiger partial charge in [0.1, 0.15) is 5.75 Å². The molecule has 1 atom stereocenters. The Balaban J connectivity index is 1.89. The Morgan fingerprint density at radius 1 is 1.12 bits per heavy atom. The van der Waals surface area contributed by atoms with Gasteiger partial charge in [0.2, 0.25) is 0 Å². The van der Waals surface area contributed by atoms with Crippen LogP contribution in [-0.2, 0) is 4.79 Å². The van der Waals surface area contributed by atoms with Crippen molar-refractivity contribution in [1.82, 2.24) is 5.32 Å². The number of hydrogen-bond acceptors (Lipinski definition) is 3. The van der Waals surface area contributed by atoms with E-state index in [4.69, 9.17) is 4.74 Å². The van der Waals surface area contributed by atoms with Crippen LogP contribution in [0.1, 0.15) is 42.1 Å². The molecule has 2 N–H and O–H groups in total. The van der Waals surface area contributed by atoms with Gasteiger partial charge in [0.15, 0.2) is 6.61 Å². The monoisotopic (exact) mass is 340 g/mol. The summed E-state index contributed by atoms with van der Waals surface area (Å²) < 4.78 is 5.52. The fourth-order valence-electron chi connectivity index (χ4n) is 2.36. The van der Waals surface area contributed by atoms with Gasteiger partial charge in [-0.15, -0.1) is 0 Å². The molecule has 0 radical (unpaired) electrons. The van der Waals surface area contributed by atoms with E-state index in [0.717, 1.165) is 6.42 Å². The summed E-state index contributed by atoms with van der Waals surface area (Å²) in [5, 5.41) is 5.28. The van der Waals surface area contributed by atoms with Gasteiger partial charge >= 0.3 is 0 Å². The summed E-state index contributed by atoms with van der Waals surface area (Å²) in [6.07, 6.45) is 1.08. The average molecular weight is 340 g/mol. The van der Waals surface area contributed by atoms with Gasteiger partial charge in [0.25, 0.3) is 11.8 Å². The van der Waals surface area contributed by atoms with Gasteiger partial charge in [0, 0.05) is 18.3 Å². The van der Waals surface area contributed by atoms with Crippen LogP contribution in [0.5, 0.6) is 5.75 Å². The van der Waals surface area contributed by atoms with Crippen molar-refractivity contribution in [1.29, 1.82) is 0 Å². The number of nitrogens with one attached hydrogen (secondary N) is 2. The van der Waals surface area contributed by atoms with Gasteiger partial charge in [-0.05, 0) is 48.2 Å². The van der Waals surface area contributed by atoms with E-state index in [0.29, 0.717) is 22.9 Å². The van der Waals surface area contributed by atoms with Crippen LogP contribution in [0.3, 0.4) is 0 Å². The van der Waals surface area contributed by atoms with Crippen molar-refractivity contribution in [3.8, 4) is 5.75 Å². The SMILES string of the molecule is CCC(C)c1ccc(OCC(=O)Nc2cccc(C(=O)NC)c2)cc1. The minimum atomic E-state index is -0.278. The van der Waals surface area contributed by atoms with Crippen molar-refractivity contribution < 1.29 is 14.3 Å². The molecule has 2 aromatic rings. The highest BCUT2D eigenvalue weighted by molar-refractivity contribution is 5.97. The van der Waals surface area contributed by atoms with Crippen molar-refractivity contribution in [3.05, 3.63) is 59.7 Å². The summed E-state index contributed by atoms with van der Waals surface area (Å²) in [6, 6.07) is 14.5. The van der Waals surface area contributed by atoms with Gasteiger partial charge in [-0.1, -0.05) is 32.0 Å². The van der Waals surface area contributed by atoms with Crippen LogP contribution < -0.4 is 15.4 Å². The smallest absolute Gasteiger partial charge is 0.262 e. The van der Waals surface area contributed by atoms with Crippen molar-refractivity contribution in [2.24, 2.45) is 0 Å². The Morgan fingerprint density at radius 2 is 1.84 bits per heavy atom. The molecule has 0 aliphatic carbocycles. The largest absolute Gasteiger partial charge is 0.484 e. The summed E-state index contributed by atoms with van der Waals surface area (Å²) in [6.45, 7) is 4.24. The highest BCUT2D eigenvalue weighted by atomic mass is 16.5. The Hall–Kier alpha value is -2.82. The maximum absolute atomic E-state index is 12.0. The van der Waals surface area contributed by atoms with Crippen molar-refractivity contribution in [3.63, 3.8) is 0 Å². The van der Waals surface area contributed by atoms with Crippen LogP contribution in [0.4, 0.5) is 5.69 Å². The molecule has 0 aromatic heterocycles. The van der Waals surface area contributed by atoms with Crippen molar-refractivity contribution in [2.75, 3.05) is 19.0 Å². The number of carbonyl (C=O) groups is 2. The highest BCUT2D eigenvalue weighted by Crippen LogP contribution is 2.21. The number of ether oxygens (including phenoxy) is 1. The second-order valence-corrected chi connectivity index (χ2v) is 5.88. The van der Waals surface area contributed by atoms with Crippen LogP contribution in [0, 0.1) is 0 Å². The summed E-state index contributed by atoms with van der Waals surface area (Å²) in [5.41, 5.74) is 2.30. The normalized spacial score (nSPS) is 11.5. The van der Waals surface area contributed by atoms with Crippen LogP contribution in [0.15, 0.2) is 48.5 Å². The molecule has 0 heterocycles. The third-order valence-corrected chi connectivity index (χ3v) is 4.07. The van der Waals surface area contributed by atoms with Crippen LogP contribution in [-0.4, -0.2) is 25.5 Å². The fourth-order valence-corrected chi connectivity index (χ4v) is 2.36. The van der Waals surface area contributed by atoms with Crippen LogP contribution in [0.2, 0.25) is 0 Å². The number of anilines is 1. The average Bonchev–Trinajstić information content (AvgIpc) is 2.65. The molecule has 2 amide bonds. The number of benzene rings is 2. The molecular weight excluding hydrogens is 316 g/mol. The number of carbonyl (C=O) groups excluding carboxylic acids is 2. The molecule has 25 heavy (non-hydrogen) atoms. The molecule has 0 saturated heterocycles. The zero-order valence-electron chi connectivity index (χ0n) is 14.8. The number of hydrogen-bond donors (Lipinski definition) is 2. The highest BCUT2D eigenvalue weighted by Gasteiger charge is 2.08. The van der Waals surface area contributed by atoms with Crippen molar-refractivity contribution in [2.45, 2.75) is 26.2 Å². The molecule has 2 aromatic carbocycles. The minimum absolute atomic E-state index is 0.0904. The Bertz CT molecular complexity index is 726. The molecule has 0 bridgehead atoms. The molecule has 0 spiro atoms. The minimum Gasteiger partial charge on any atom is -0.484 e. The lowest BCUT2D eigenvalue weighted by molar-refractivity contribution is -0.118. The molecule has 0 fully saturated rings. The topological polar surface area (TPSA) is 67.4 Å². The van der Waals surface area contributed by atoms with E-state index in [1.54, 1.807) is 31.3 Å². The number of rotatable bonds is 7. The molecule has 2 rings (SSSR count). The zero-order valence-corrected chi connectivity index (χ0v) is 14.8. The predicted molar refractivity (Wildman–Crippen MR) is 99.1 cm³/mol. The van der Waals surface area contributed by atoms with E-state index >= 15 is 0 Å². The Morgan fingerprint density at radius 3 is 2.48 bits per heavy atom. The first-order valence-electron chi connectivity index (χ1n) is 8.38. The van der Waals surface area contributed by atoms with E-state index in [1.807, 2.05) is 24.3 Å². The van der Waals surface area contributed by atoms with Gasteiger partial charge in [0.05, 0.1) is 0 Å². The van der Waals surface area contributed by atoms with Gasteiger partial charge in [-0.2, -0.15) is 0 Å². The van der Waals surface area contributed by atoms with Crippen LogP contribution >= 0.6 is 0 Å². The van der Waals surface area contributed by atoms with E-state index in [9.17, 15) is 9.59 Å². The second kappa shape index (κ2) is 8.87. The first-order valence-corrected chi connectivity index (χ1v) is 8.38. The molecule has 0 saturated carbocycles. The summed E-state index contributed by atoms with van der Waals surface area (Å²) >= 11 is 0. The zero-order chi connectivity index (χ0) is 18.2. The molecule has 0 aliphatic rings. The summed E-state index contributed by atoms with van der Waals surface area (Å²) in [5.74, 6) is 0.681. The Labute approximate surface area is 148 Å². The van der Waals surface area contributed by atoms with Gasteiger partial charge in [-0.25, -0.2) is 0 Å². The third-order valence-electron chi connectivity index (χ3n) is 4.07. The fraction of sp³-hybridized carbons (Fsp3) is 0.300. The first-order chi connectivity index (χ1) is 12.0. The van der Waals surface area contributed by atoms with Gasteiger partial charge in [-0.3, -0.25) is 9.59 Å². The lowest BCUT2D eigenvalue weighted by atomic mass is 9.99. The Kier molecular flexibility index (Phi) is 6.57. The van der Waals surface area contributed by atoms with E-state index in [-0.39, 0.29) is 18.4 Å². The number of amides is 2. The standard InChI is InChI=1S/C20H24N2O3/c1-4-14(2)15-8-10-18(11-9-15)25-13-19(23)22-17-7-5-6-16(12-17)20(24)21-3/h5-12,14H,4,13H2,1-3H3,(H,21,24)(H,22,23). The van der Waals surface area contributed by atoms with Gasteiger partial charge < -0.3 is 15.4 Å². The summed E-state index contributed by atoms with van der Waals surface area (Å²) in [4.78, 5) is 23.6. The van der Waals surface area contributed by atoms with E-state index < -0.39 is 0 Å². The second-order valence-electron chi connectivity index (χ2n) is 5.88. The maximum atomic E-state index is 12.0. The maximum Gasteiger partial charge on any atom is 0.262 e. The molecule has 132 valence electrons. The molecule has 1 unspecified atom stereocenters. The van der Waals surface area contributed by atoms with E-state index in [2.05, 4.69) is 24.5 Å². The quantitative estimate of drug-likeness (QED) is 0.809. The lowest BCUT2D eigenvalue weighted by Gasteiger charge is -2.11. The molecular formula is C20H24N2O3. The third kappa shape index (κ3) is 5.35. The molecule has 5 heteroatoms. The molecule has 0 aliphatic heterocycles. The predicted octanol–water partition coefficient (Wildman–Crippen LogP) is 3.58.